The molecule has 4 N–H and O–H groups in total. The first-order valence-electron chi connectivity index (χ1n) is 10.4. The summed E-state index contributed by atoms with van der Waals surface area (Å²) in [6, 6.07) is 9.89. The number of aliphatic hydroxyl groups excluding tert-OH is 1. The van der Waals surface area contributed by atoms with Crippen LogP contribution in [0.4, 0.5) is 6.01 Å². The lowest BCUT2D eigenvalue weighted by atomic mass is 10.1. The summed E-state index contributed by atoms with van der Waals surface area (Å²) >= 11 is 0. The molecule has 1 atom stereocenters. The highest BCUT2D eigenvalue weighted by Crippen LogP contribution is 2.26. The number of nitrogens with one attached hydrogen (secondary N) is 1. The maximum absolute atomic E-state index is 10.7. The molecule has 8 heteroatoms. The van der Waals surface area contributed by atoms with Crippen LogP contribution >= 0.6 is 0 Å². The van der Waals surface area contributed by atoms with Crippen LogP contribution in [-0.4, -0.2) is 50.6 Å². The number of hydrogen-bond acceptors (Lipinski definition) is 7. The standard InChI is InChI=1S/C22H26N6O2/c23-22-26-17-12-15(4-6-19(17)30-22)16-5-7-20-25-13-18(28(20)14-16)21(29)24-8-3-11-27-9-1-2-10-27/h4-7,12-14,21,24,29H,1-3,8-11H2,(H2,23,26). The van der Waals surface area contributed by atoms with Crippen LogP contribution < -0.4 is 11.1 Å². The fourth-order valence-electron chi connectivity index (χ4n) is 4.15. The number of nitrogen functional groups attached to an aromatic ring is 1. The van der Waals surface area contributed by atoms with E-state index in [1.807, 2.05) is 40.9 Å². The number of anilines is 1. The summed E-state index contributed by atoms with van der Waals surface area (Å²) in [4.78, 5) is 11.1. The molecule has 0 amide bonds. The number of oxazole rings is 1. The van der Waals surface area contributed by atoms with Gasteiger partial charge in [-0.3, -0.25) is 9.72 Å². The molecule has 0 bridgehead atoms. The van der Waals surface area contributed by atoms with Crippen molar-refractivity contribution in [3.05, 3.63) is 48.4 Å². The minimum Gasteiger partial charge on any atom is -0.424 e. The SMILES string of the molecule is Nc1nc2cc(-c3ccc4ncc(C(O)NCCCN5CCCC5)n4c3)ccc2o1. The summed E-state index contributed by atoms with van der Waals surface area (Å²) in [6.07, 6.45) is 6.55. The lowest BCUT2D eigenvalue weighted by Gasteiger charge is -2.16. The molecular weight excluding hydrogens is 380 g/mol. The predicted molar refractivity (Wildman–Crippen MR) is 116 cm³/mol. The van der Waals surface area contributed by atoms with Crippen LogP contribution in [0.15, 0.2) is 47.1 Å². The molecule has 0 aliphatic carbocycles. The molecule has 0 radical (unpaired) electrons. The van der Waals surface area contributed by atoms with Crippen LogP contribution in [0, 0.1) is 0 Å². The van der Waals surface area contributed by atoms with E-state index < -0.39 is 6.23 Å². The Morgan fingerprint density at radius 1 is 1.17 bits per heavy atom. The number of aromatic nitrogens is 3. The van der Waals surface area contributed by atoms with Gasteiger partial charge in [0.1, 0.15) is 17.4 Å². The minimum atomic E-state index is -0.772. The van der Waals surface area contributed by atoms with Crippen LogP contribution in [-0.2, 0) is 0 Å². The van der Waals surface area contributed by atoms with Gasteiger partial charge in [-0.05, 0) is 80.8 Å². The lowest BCUT2D eigenvalue weighted by Crippen LogP contribution is -2.27. The number of pyridine rings is 1. The molecule has 1 saturated heterocycles. The van der Waals surface area contributed by atoms with Gasteiger partial charge in [0.2, 0.25) is 0 Å². The number of aliphatic hydroxyl groups is 1. The summed E-state index contributed by atoms with van der Waals surface area (Å²) in [7, 11) is 0. The van der Waals surface area contributed by atoms with Crippen molar-refractivity contribution < 1.29 is 9.52 Å². The topological polar surface area (TPSA) is 105 Å². The van der Waals surface area contributed by atoms with E-state index in [4.69, 9.17) is 10.2 Å². The molecule has 0 spiro atoms. The van der Waals surface area contributed by atoms with E-state index in [2.05, 4.69) is 20.2 Å². The van der Waals surface area contributed by atoms with Crippen molar-refractivity contribution in [2.75, 3.05) is 31.9 Å². The van der Waals surface area contributed by atoms with E-state index in [0.29, 0.717) is 5.58 Å². The van der Waals surface area contributed by atoms with Crippen LogP contribution in [0.2, 0.25) is 0 Å². The van der Waals surface area contributed by atoms with Gasteiger partial charge in [0.25, 0.3) is 6.01 Å². The second-order valence-corrected chi connectivity index (χ2v) is 7.82. The van der Waals surface area contributed by atoms with Gasteiger partial charge in [-0.2, -0.15) is 4.98 Å². The van der Waals surface area contributed by atoms with Gasteiger partial charge in [0.15, 0.2) is 5.58 Å². The van der Waals surface area contributed by atoms with E-state index in [0.717, 1.165) is 47.5 Å². The minimum absolute atomic E-state index is 0.161. The molecule has 1 fully saturated rings. The first kappa shape index (κ1) is 19.0. The molecule has 1 unspecified atom stereocenters. The van der Waals surface area contributed by atoms with E-state index in [1.54, 1.807) is 6.20 Å². The maximum atomic E-state index is 10.7. The highest BCUT2D eigenvalue weighted by atomic mass is 16.4. The van der Waals surface area contributed by atoms with Crippen molar-refractivity contribution in [3.8, 4) is 11.1 Å². The lowest BCUT2D eigenvalue weighted by molar-refractivity contribution is 0.132. The quantitative estimate of drug-likeness (QED) is 0.320. The van der Waals surface area contributed by atoms with Crippen molar-refractivity contribution >= 4 is 22.8 Å². The van der Waals surface area contributed by atoms with Crippen molar-refractivity contribution in [2.24, 2.45) is 0 Å². The average Bonchev–Trinajstić information content (AvgIpc) is 3.48. The van der Waals surface area contributed by atoms with E-state index in [-0.39, 0.29) is 6.01 Å². The Labute approximate surface area is 174 Å². The number of imidazole rings is 1. The Hall–Kier alpha value is -2.94. The smallest absolute Gasteiger partial charge is 0.292 e. The molecule has 1 aromatic carbocycles. The molecule has 8 nitrogen and oxygen atoms in total. The highest BCUT2D eigenvalue weighted by molar-refractivity contribution is 5.81. The molecule has 1 aliphatic rings. The highest BCUT2D eigenvalue weighted by Gasteiger charge is 2.15. The van der Waals surface area contributed by atoms with Gasteiger partial charge >= 0.3 is 0 Å². The zero-order chi connectivity index (χ0) is 20.5. The molecule has 3 aromatic heterocycles. The Morgan fingerprint density at radius 3 is 2.87 bits per heavy atom. The molecule has 156 valence electrons. The van der Waals surface area contributed by atoms with Crippen LogP contribution in [0.5, 0.6) is 0 Å². The second-order valence-electron chi connectivity index (χ2n) is 7.82. The van der Waals surface area contributed by atoms with Gasteiger partial charge in [0, 0.05) is 6.20 Å². The number of benzene rings is 1. The zero-order valence-electron chi connectivity index (χ0n) is 16.8. The van der Waals surface area contributed by atoms with Gasteiger partial charge in [-0.1, -0.05) is 6.07 Å². The van der Waals surface area contributed by atoms with Crippen molar-refractivity contribution in [3.63, 3.8) is 0 Å². The largest absolute Gasteiger partial charge is 0.424 e. The van der Waals surface area contributed by atoms with Gasteiger partial charge in [-0.15, -0.1) is 0 Å². The van der Waals surface area contributed by atoms with Crippen molar-refractivity contribution in [1.29, 1.82) is 0 Å². The van der Waals surface area contributed by atoms with E-state index in [9.17, 15) is 5.11 Å². The maximum Gasteiger partial charge on any atom is 0.292 e. The Morgan fingerprint density at radius 2 is 2.00 bits per heavy atom. The number of hydrogen-bond donors (Lipinski definition) is 3. The molecule has 30 heavy (non-hydrogen) atoms. The first-order valence-corrected chi connectivity index (χ1v) is 10.4. The Balaban J connectivity index is 1.33. The van der Waals surface area contributed by atoms with Crippen LogP contribution in [0.3, 0.4) is 0 Å². The molecule has 4 heterocycles. The molecule has 1 aliphatic heterocycles. The molecular formula is C22H26N6O2. The van der Waals surface area contributed by atoms with Gasteiger partial charge in [0.05, 0.1) is 11.9 Å². The summed E-state index contributed by atoms with van der Waals surface area (Å²) in [5, 5.41) is 13.9. The number of fused-ring (bicyclic) bond motifs is 2. The summed E-state index contributed by atoms with van der Waals surface area (Å²) in [6.45, 7) is 4.23. The van der Waals surface area contributed by atoms with Gasteiger partial charge in [-0.25, -0.2) is 4.98 Å². The van der Waals surface area contributed by atoms with E-state index >= 15 is 0 Å². The summed E-state index contributed by atoms with van der Waals surface area (Å²) in [5.41, 5.74) is 10.5. The molecule has 5 rings (SSSR count). The number of rotatable bonds is 7. The van der Waals surface area contributed by atoms with Crippen LogP contribution in [0.25, 0.3) is 27.9 Å². The van der Waals surface area contributed by atoms with Crippen molar-refractivity contribution in [2.45, 2.75) is 25.5 Å². The second kappa shape index (κ2) is 8.06. The third kappa shape index (κ3) is 3.77. The van der Waals surface area contributed by atoms with Crippen LogP contribution in [0.1, 0.15) is 31.2 Å². The summed E-state index contributed by atoms with van der Waals surface area (Å²) < 4.78 is 7.28. The first-order chi connectivity index (χ1) is 14.7. The average molecular weight is 406 g/mol. The van der Waals surface area contributed by atoms with Gasteiger partial charge < -0.3 is 20.2 Å². The fourth-order valence-corrected chi connectivity index (χ4v) is 4.15. The Kier molecular flexibility index (Phi) is 5.12. The number of nitrogens with two attached hydrogens (primary N) is 1. The number of likely N-dealkylation sites (tertiary alicyclic amines) is 1. The molecule has 0 saturated carbocycles. The van der Waals surface area contributed by atoms with Crippen molar-refractivity contribution in [1.82, 2.24) is 24.6 Å². The normalized spacial score (nSPS) is 16.0. The monoisotopic (exact) mass is 406 g/mol. The predicted octanol–water partition coefficient (Wildman–Crippen LogP) is 2.79. The third-order valence-electron chi connectivity index (χ3n) is 5.74. The number of nitrogens with zero attached hydrogens (tertiary/aromatic N) is 4. The fraction of sp³-hybridized carbons (Fsp3) is 0.364. The zero-order valence-corrected chi connectivity index (χ0v) is 16.8. The Bertz CT molecular complexity index is 1160. The third-order valence-corrected chi connectivity index (χ3v) is 5.74. The molecule has 4 aromatic rings. The van der Waals surface area contributed by atoms with E-state index in [1.165, 1.54) is 25.9 Å². The summed E-state index contributed by atoms with van der Waals surface area (Å²) in [5.74, 6) is 0.